The number of aromatic nitrogens is 1. The van der Waals surface area contributed by atoms with E-state index in [1.165, 1.54) is 25.0 Å². The number of ether oxygens (including phenoxy) is 1. The lowest BCUT2D eigenvalue weighted by Crippen LogP contribution is -2.31. The molecule has 1 fully saturated rings. The molecule has 16 heavy (non-hydrogen) atoms. The van der Waals surface area contributed by atoms with Crippen LogP contribution in [0.25, 0.3) is 0 Å². The van der Waals surface area contributed by atoms with Crippen molar-refractivity contribution < 1.29 is 4.74 Å². The SMILES string of the molecule is CCn1cccc1CNCC1CCCCO1. The maximum Gasteiger partial charge on any atom is 0.0699 e. The van der Waals surface area contributed by atoms with Gasteiger partial charge < -0.3 is 14.6 Å². The number of hydrogen-bond donors (Lipinski definition) is 1. The van der Waals surface area contributed by atoms with Crippen LogP contribution in [0.4, 0.5) is 0 Å². The van der Waals surface area contributed by atoms with Crippen LogP contribution < -0.4 is 5.32 Å². The zero-order chi connectivity index (χ0) is 11.2. The number of aryl methyl sites for hydroxylation is 1. The molecule has 0 spiro atoms. The fourth-order valence-electron chi connectivity index (χ4n) is 2.25. The van der Waals surface area contributed by atoms with Crippen molar-refractivity contribution in [2.24, 2.45) is 0 Å². The lowest BCUT2D eigenvalue weighted by Gasteiger charge is -2.22. The van der Waals surface area contributed by atoms with E-state index in [2.05, 4.69) is 35.1 Å². The molecule has 3 heteroatoms. The van der Waals surface area contributed by atoms with Crippen molar-refractivity contribution in [1.82, 2.24) is 9.88 Å². The zero-order valence-corrected chi connectivity index (χ0v) is 10.1. The molecule has 1 atom stereocenters. The molecule has 0 amide bonds. The summed E-state index contributed by atoms with van der Waals surface area (Å²) in [5, 5.41) is 3.49. The van der Waals surface area contributed by atoms with Crippen molar-refractivity contribution >= 4 is 0 Å². The molecule has 1 N–H and O–H groups in total. The lowest BCUT2D eigenvalue weighted by atomic mass is 10.1. The fourth-order valence-corrected chi connectivity index (χ4v) is 2.25. The summed E-state index contributed by atoms with van der Waals surface area (Å²) < 4.78 is 7.96. The molecule has 0 bridgehead atoms. The van der Waals surface area contributed by atoms with Gasteiger partial charge in [0, 0.05) is 38.1 Å². The Kier molecular flexibility index (Phi) is 4.43. The van der Waals surface area contributed by atoms with Gasteiger partial charge in [-0.2, -0.15) is 0 Å². The lowest BCUT2D eigenvalue weighted by molar-refractivity contribution is 0.0167. The molecule has 1 aromatic rings. The molecule has 1 saturated heterocycles. The normalized spacial score (nSPS) is 21.2. The molecule has 0 saturated carbocycles. The van der Waals surface area contributed by atoms with Crippen molar-refractivity contribution in [3.63, 3.8) is 0 Å². The van der Waals surface area contributed by atoms with Gasteiger partial charge in [0.05, 0.1) is 6.10 Å². The van der Waals surface area contributed by atoms with Crippen LogP contribution in [-0.4, -0.2) is 23.8 Å². The molecule has 0 radical (unpaired) electrons. The van der Waals surface area contributed by atoms with Gasteiger partial charge in [-0.3, -0.25) is 0 Å². The van der Waals surface area contributed by atoms with Gasteiger partial charge in [-0.25, -0.2) is 0 Å². The van der Waals surface area contributed by atoms with Crippen LogP contribution >= 0.6 is 0 Å². The third-order valence-corrected chi connectivity index (χ3v) is 3.22. The van der Waals surface area contributed by atoms with E-state index in [0.29, 0.717) is 6.10 Å². The smallest absolute Gasteiger partial charge is 0.0699 e. The highest BCUT2D eigenvalue weighted by Crippen LogP contribution is 2.11. The summed E-state index contributed by atoms with van der Waals surface area (Å²) >= 11 is 0. The predicted molar refractivity (Wildman–Crippen MR) is 65.4 cm³/mol. The van der Waals surface area contributed by atoms with E-state index in [4.69, 9.17) is 4.74 Å². The first-order valence-corrected chi connectivity index (χ1v) is 6.36. The van der Waals surface area contributed by atoms with Crippen LogP contribution in [-0.2, 0) is 17.8 Å². The highest BCUT2D eigenvalue weighted by atomic mass is 16.5. The predicted octanol–water partition coefficient (Wildman–Crippen LogP) is 2.17. The summed E-state index contributed by atoms with van der Waals surface area (Å²) in [4.78, 5) is 0. The Morgan fingerprint density at radius 3 is 3.19 bits per heavy atom. The second-order valence-corrected chi connectivity index (χ2v) is 4.41. The van der Waals surface area contributed by atoms with Crippen molar-refractivity contribution in [2.45, 2.75) is 45.4 Å². The monoisotopic (exact) mass is 222 g/mol. The highest BCUT2D eigenvalue weighted by Gasteiger charge is 2.12. The first-order valence-electron chi connectivity index (χ1n) is 6.36. The summed E-state index contributed by atoms with van der Waals surface area (Å²) in [6.07, 6.45) is 6.32. The Morgan fingerprint density at radius 2 is 2.44 bits per heavy atom. The molecule has 1 aromatic heterocycles. The maximum atomic E-state index is 5.68. The fraction of sp³-hybridized carbons (Fsp3) is 0.692. The van der Waals surface area contributed by atoms with Gasteiger partial charge in [0.15, 0.2) is 0 Å². The Balaban J connectivity index is 1.71. The molecule has 3 nitrogen and oxygen atoms in total. The molecule has 1 aliphatic rings. The standard InChI is InChI=1S/C13H22N2O/c1-2-15-8-5-6-12(15)10-14-11-13-7-3-4-9-16-13/h5-6,8,13-14H,2-4,7,9-11H2,1H3. The van der Waals surface area contributed by atoms with Gasteiger partial charge in [-0.15, -0.1) is 0 Å². The number of hydrogen-bond acceptors (Lipinski definition) is 2. The van der Waals surface area contributed by atoms with Gasteiger partial charge in [-0.1, -0.05) is 0 Å². The number of rotatable bonds is 5. The van der Waals surface area contributed by atoms with E-state index in [0.717, 1.165) is 26.2 Å². The average molecular weight is 222 g/mol. The molecule has 0 aliphatic carbocycles. The third-order valence-electron chi connectivity index (χ3n) is 3.22. The van der Waals surface area contributed by atoms with E-state index in [1.54, 1.807) is 0 Å². The van der Waals surface area contributed by atoms with Gasteiger partial charge in [0.2, 0.25) is 0 Å². The average Bonchev–Trinajstić information content (AvgIpc) is 2.78. The summed E-state index contributed by atoms with van der Waals surface area (Å²) in [5.41, 5.74) is 1.36. The van der Waals surface area contributed by atoms with E-state index in [1.807, 2.05) is 0 Å². The quantitative estimate of drug-likeness (QED) is 0.826. The summed E-state index contributed by atoms with van der Waals surface area (Å²) in [5.74, 6) is 0. The molecule has 2 heterocycles. The Labute approximate surface area is 97.8 Å². The van der Waals surface area contributed by atoms with Crippen LogP contribution in [0.2, 0.25) is 0 Å². The molecular formula is C13H22N2O. The van der Waals surface area contributed by atoms with Crippen molar-refractivity contribution in [1.29, 1.82) is 0 Å². The van der Waals surface area contributed by atoms with Gasteiger partial charge in [-0.05, 0) is 38.3 Å². The second-order valence-electron chi connectivity index (χ2n) is 4.41. The van der Waals surface area contributed by atoms with Gasteiger partial charge in [0.1, 0.15) is 0 Å². The van der Waals surface area contributed by atoms with Gasteiger partial charge in [0.25, 0.3) is 0 Å². The Hall–Kier alpha value is -0.800. The van der Waals surface area contributed by atoms with Crippen molar-refractivity contribution in [2.75, 3.05) is 13.2 Å². The van der Waals surface area contributed by atoms with Crippen molar-refractivity contribution in [3.8, 4) is 0 Å². The van der Waals surface area contributed by atoms with Crippen LogP contribution in [0.15, 0.2) is 18.3 Å². The molecular weight excluding hydrogens is 200 g/mol. The van der Waals surface area contributed by atoms with Crippen LogP contribution in [0.5, 0.6) is 0 Å². The van der Waals surface area contributed by atoms with Crippen LogP contribution in [0.1, 0.15) is 31.9 Å². The molecule has 2 rings (SSSR count). The minimum Gasteiger partial charge on any atom is -0.377 e. The molecule has 0 aromatic carbocycles. The largest absolute Gasteiger partial charge is 0.377 e. The Bertz CT molecular complexity index is 303. The number of nitrogens with one attached hydrogen (secondary N) is 1. The number of nitrogens with zero attached hydrogens (tertiary/aromatic N) is 1. The van der Waals surface area contributed by atoms with E-state index in [9.17, 15) is 0 Å². The van der Waals surface area contributed by atoms with Crippen LogP contribution in [0, 0.1) is 0 Å². The second kappa shape index (κ2) is 6.06. The summed E-state index contributed by atoms with van der Waals surface area (Å²) in [6, 6.07) is 4.29. The van der Waals surface area contributed by atoms with Crippen molar-refractivity contribution in [3.05, 3.63) is 24.0 Å². The molecule has 1 unspecified atom stereocenters. The maximum absolute atomic E-state index is 5.68. The minimum atomic E-state index is 0.429. The summed E-state index contributed by atoms with van der Waals surface area (Å²) in [7, 11) is 0. The highest BCUT2D eigenvalue weighted by molar-refractivity contribution is 5.06. The first-order chi connectivity index (χ1) is 7.90. The third kappa shape index (κ3) is 3.09. The summed E-state index contributed by atoms with van der Waals surface area (Å²) in [6.45, 7) is 6.09. The van der Waals surface area contributed by atoms with E-state index in [-0.39, 0.29) is 0 Å². The Morgan fingerprint density at radius 1 is 1.50 bits per heavy atom. The van der Waals surface area contributed by atoms with Crippen LogP contribution in [0.3, 0.4) is 0 Å². The molecule has 1 aliphatic heterocycles. The molecule has 90 valence electrons. The zero-order valence-electron chi connectivity index (χ0n) is 10.1. The minimum absolute atomic E-state index is 0.429. The first kappa shape index (κ1) is 11.7. The van der Waals surface area contributed by atoms with Gasteiger partial charge >= 0.3 is 0 Å². The topological polar surface area (TPSA) is 26.2 Å². The van der Waals surface area contributed by atoms with E-state index < -0.39 is 0 Å². The van der Waals surface area contributed by atoms with E-state index >= 15 is 0 Å².